The molecular weight excluding hydrogens is 346 g/mol. The molecule has 6 nitrogen and oxygen atoms in total. The number of fused-ring (bicyclic) bond motifs is 1. The molecule has 2 atom stereocenters. The summed E-state index contributed by atoms with van der Waals surface area (Å²) in [6, 6.07) is 3.58. The van der Waals surface area contributed by atoms with E-state index in [1.165, 1.54) is 11.3 Å². The van der Waals surface area contributed by atoms with Crippen molar-refractivity contribution >= 4 is 23.1 Å². The lowest BCUT2D eigenvalue weighted by Crippen LogP contribution is -2.54. The molecule has 26 heavy (non-hydrogen) atoms. The van der Waals surface area contributed by atoms with Crippen LogP contribution in [0.4, 0.5) is 5.82 Å². The van der Waals surface area contributed by atoms with E-state index in [-0.39, 0.29) is 5.91 Å². The van der Waals surface area contributed by atoms with Gasteiger partial charge in [0.2, 0.25) is 5.91 Å². The molecule has 0 saturated carbocycles. The van der Waals surface area contributed by atoms with Gasteiger partial charge in [0, 0.05) is 48.7 Å². The molecule has 2 aromatic heterocycles. The van der Waals surface area contributed by atoms with Gasteiger partial charge in [-0.2, -0.15) is 0 Å². The molecular formula is C19H25N5OS. The third-order valence-corrected chi connectivity index (χ3v) is 6.36. The summed E-state index contributed by atoms with van der Waals surface area (Å²) in [6.07, 6.45) is 4.49. The largest absolute Gasteiger partial charge is 0.353 e. The monoisotopic (exact) mass is 371 g/mol. The molecule has 1 amide bonds. The van der Waals surface area contributed by atoms with E-state index in [0.717, 1.165) is 36.6 Å². The molecule has 7 heteroatoms. The van der Waals surface area contributed by atoms with Gasteiger partial charge < -0.3 is 15.5 Å². The van der Waals surface area contributed by atoms with Crippen molar-refractivity contribution in [1.82, 2.24) is 14.9 Å². The Bertz CT molecular complexity index is 770. The van der Waals surface area contributed by atoms with Gasteiger partial charge in [0.1, 0.15) is 12.1 Å². The minimum atomic E-state index is -0.455. The molecule has 0 spiro atoms. The van der Waals surface area contributed by atoms with Crippen molar-refractivity contribution in [2.24, 2.45) is 5.73 Å². The normalized spacial score (nSPS) is 20.9. The molecule has 1 fully saturated rings. The molecule has 0 aromatic carbocycles. The van der Waals surface area contributed by atoms with Crippen LogP contribution in [0.3, 0.4) is 0 Å². The summed E-state index contributed by atoms with van der Waals surface area (Å²) < 4.78 is 0. The van der Waals surface area contributed by atoms with Crippen LogP contribution in [-0.2, 0) is 17.6 Å². The summed E-state index contributed by atoms with van der Waals surface area (Å²) in [7, 11) is 0. The first-order valence-electron chi connectivity index (χ1n) is 9.29. The molecule has 138 valence electrons. The first kappa shape index (κ1) is 17.4. The molecule has 2 N–H and O–H groups in total. The Morgan fingerprint density at radius 2 is 2.15 bits per heavy atom. The van der Waals surface area contributed by atoms with Crippen LogP contribution in [0, 0.1) is 0 Å². The Labute approximate surface area is 158 Å². The zero-order chi connectivity index (χ0) is 18.1. The van der Waals surface area contributed by atoms with Gasteiger partial charge in [0.05, 0.1) is 6.04 Å². The zero-order valence-corrected chi connectivity index (χ0v) is 15.9. The highest BCUT2D eigenvalue weighted by atomic mass is 32.1. The lowest BCUT2D eigenvalue weighted by molar-refractivity contribution is -0.132. The average molecular weight is 372 g/mol. The van der Waals surface area contributed by atoms with Crippen LogP contribution < -0.4 is 10.6 Å². The predicted octanol–water partition coefficient (Wildman–Crippen LogP) is 1.81. The molecule has 2 aromatic rings. The zero-order valence-electron chi connectivity index (χ0n) is 15.1. The van der Waals surface area contributed by atoms with Gasteiger partial charge in [0.15, 0.2) is 0 Å². The highest BCUT2D eigenvalue weighted by Gasteiger charge is 2.30. The highest BCUT2D eigenvalue weighted by molar-refractivity contribution is 7.09. The number of aryl methyl sites for hydroxylation is 1. The van der Waals surface area contributed by atoms with E-state index >= 15 is 0 Å². The fourth-order valence-electron chi connectivity index (χ4n) is 3.98. The van der Waals surface area contributed by atoms with Gasteiger partial charge >= 0.3 is 0 Å². The number of amides is 1. The van der Waals surface area contributed by atoms with Crippen LogP contribution in [0.1, 0.15) is 35.4 Å². The predicted molar refractivity (Wildman–Crippen MR) is 104 cm³/mol. The van der Waals surface area contributed by atoms with E-state index in [1.807, 2.05) is 22.4 Å². The first-order valence-corrected chi connectivity index (χ1v) is 10.2. The van der Waals surface area contributed by atoms with E-state index in [0.29, 0.717) is 25.4 Å². The van der Waals surface area contributed by atoms with Crippen molar-refractivity contribution in [3.63, 3.8) is 0 Å². The summed E-state index contributed by atoms with van der Waals surface area (Å²) in [5, 5.41) is 2.02. The first-order chi connectivity index (χ1) is 12.6. The second-order valence-electron chi connectivity index (χ2n) is 7.20. The molecule has 4 rings (SSSR count). The molecule has 1 saturated heterocycles. The number of rotatable bonds is 4. The molecule has 3 heterocycles. The van der Waals surface area contributed by atoms with Gasteiger partial charge in [-0.05, 0) is 30.2 Å². The summed E-state index contributed by atoms with van der Waals surface area (Å²) in [5.74, 6) is 1.63. The lowest BCUT2D eigenvalue weighted by Gasteiger charge is -2.37. The number of hydrogen-bond donors (Lipinski definition) is 1. The minimum Gasteiger partial charge on any atom is -0.353 e. The quantitative estimate of drug-likeness (QED) is 0.887. The molecule has 2 aliphatic rings. The summed E-state index contributed by atoms with van der Waals surface area (Å²) in [5.41, 5.74) is 8.66. The number of thiophene rings is 1. The number of nitrogens with zero attached hydrogens (tertiary/aromatic N) is 4. The number of carbonyl (C=O) groups excluding carboxylic acids is 1. The van der Waals surface area contributed by atoms with Crippen LogP contribution in [0.15, 0.2) is 23.8 Å². The maximum absolute atomic E-state index is 12.7. The van der Waals surface area contributed by atoms with E-state index < -0.39 is 6.04 Å². The maximum atomic E-state index is 12.7. The SMILES string of the molecule is CC1CCc2ncnc(N3CCN(C(=O)C(N)Cc4cccs4)CC3)c21. The topological polar surface area (TPSA) is 75.4 Å². The van der Waals surface area contributed by atoms with Gasteiger partial charge in [-0.25, -0.2) is 9.97 Å². The summed E-state index contributed by atoms with van der Waals surface area (Å²) in [4.78, 5) is 27.1. The van der Waals surface area contributed by atoms with Crippen molar-refractivity contribution in [3.8, 4) is 0 Å². The van der Waals surface area contributed by atoms with Crippen molar-refractivity contribution in [1.29, 1.82) is 0 Å². The van der Waals surface area contributed by atoms with Crippen molar-refractivity contribution in [2.45, 2.75) is 38.1 Å². The molecule has 0 radical (unpaired) electrons. The highest BCUT2D eigenvalue weighted by Crippen LogP contribution is 2.37. The maximum Gasteiger partial charge on any atom is 0.239 e. The molecule has 1 aliphatic carbocycles. The van der Waals surface area contributed by atoms with E-state index in [2.05, 4.69) is 21.8 Å². The van der Waals surface area contributed by atoms with Crippen molar-refractivity contribution in [2.75, 3.05) is 31.1 Å². The number of anilines is 1. The molecule has 0 bridgehead atoms. The average Bonchev–Trinajstić information content (AvgIpc) is 3.31. The van der Waals surface area contributed by atoms with E-state index in [1.54, 1.807) is 17.7 Å². The Balaban J connectivity index is 1.39. The number of aromatic nitrogens is 2. The second-order valence-corrected chi connectivity index (χ2v) is 8.23. The Hall–Kier alpha value is -1.99. The molecule has 2 unspecified atom stereocenters. The molecule has 1 aliphatic heterocycles. The van der Waals surface area contributed by atoms with Crippen LogP contribution >= 0.6 is 11.3 Å². The van der Waals surface area contributed by atoms with Crippen molar-refractivity contribution in [3.05, 3.63) is 40.0 Å². The van der Waals surface area contributed by atoms with Crippen LogP contribution in [0.5, 0.6) is 0 Å². The number of hydrogen-bond acceptors (Lipinski definition) is 6. The minimum absolute atomic E-state index is 0.0549. The fourth-order valence-corrected chi connectivity index (χ4v) is 4.75. The summed E-state index contributed by atoms with van der Waals surface area (Å²) in [6.45, 7) is 5.25. The Kier molecular flexibility index (Phi) is 4.91. The number of carbonyl (C=O) groups is 1. The van der Waals surface area contributed by atoms with Crippen LogP contribution in [0.25, 0.3) is 0 Å². The smallest absolute Gasteiger partial charge is 0.239 e. The van der Waals surface area contributed by atoms with Crippen LogP contribution in [-0.4, -0.2) is 53.0 Å². The van der Waals surface area contributed by atoms with E-state index in [4.69, 9.17) is 5.73 Å². The second kappa shape index (κ2) is 7.32. The third kappa shape index (κ3) is 3.33. The van der Waals surface area contributed by atoms with Gasteiger partial charge in [-0.3, -0.25) is 4.79 Å². The van der Waals surface area contributed by atoms with Gasteiger partial charge in [0.25, 0.3) is 0 Å². The van der Waals surface area contributed by atoms with E-state index in [9.17, 15) is 4.79 Å². The summed E-state index contributed by atoms with van der Waals surface area (Å²) >= 11 is 1.65. The Morgan fingerprint density at radius 3 is 2.88 bits per heavy atom. The lowest BCUT2D eigenvalue weighted by atomic mass is 10.1. The van der Waals surface area contributed by atoms with Gasteiger partial charge in [-0.15, -0.1) is 11.3 Å². The number of piperazine rings is 1. The van der Waals surface area contributed by atoms with Crippen LogP contribution in [0.2, 0.25) is 0 Å². The Morgan fingerprint density at radius 1 is 1.35 bits per heavy atom. The third-order valence-electron chi connectivity index (χ3n) is 5.46. The fraction of sp³-hybridized carbons (Fsp3) is 0.526. The van der Waals surface area contributed by atoms with Gasteiger partial charge in [-0.1, -0.05) is 13.0 Å². The van der Waals surface area contributed by atoms with Crippen molar-refractivity contribution < 1.29 is 4.79 Å². The number of nitrogens with two attached hydrogens (primary N) is 1. The standard InChI is InChI=1S/C19H25N5OS/c1-13-4-5-16-17(13)18(22-12-21-16)23-6-8-24(9-7-23)19(25)15(20)11-14-3-2-10-26-14/h2-3,10,12-13,15H,4-9,11,20H2,1H3.